The Kier molecular flexibility index (Phi) is 4.62. The fourth-order valence-electron chi connectivity index (χ4n) is 2.18. The monoisotopic (exact) mass is 297 g/mol. The van der Waals surface area contributed by atoms with Crippen molar-refractivity contribution in [3.63, 3.8) is 0 Å². The summed E-state index contributed by atoms with van der Waals surface area (Å²) in [5.41, 5.74) is 7.09. The Balaban J connectivity index is 2.52. The van der Waals surface area contributed by atoms with Gasteiger partial charge in [0.15, 0.2) is 5.75 Å². The number of nitrogens with two attached hydrogens (primary N) is 1. The molecule has 2 aromatic rings. The molecule has 6 heteroatoms. The van der Waals surface area contributed by atoms with E-state index in [4.69, 9.17) is 22.1 Å². The fourth-order valence-corrected chi connectivity index (χ4v) is 2.46. The third-order valence-corrected chi connectivity index (χ3v) is 3.44. The van der Waals surface area contributed by atoms with Crippen LogP contribution in [0.4, 0.5) is 4.39 Å². The molecule has 1 heterocycles. The maximum absolute atomic E-state index is 14.0. The number of nitrogens with zero attached hydrogens (tertiary/aromatic N) is 2. The number of halogens is 2. The molecule has 0 saturated carbocycles. The van der Waals surface area contributed by atoms with Crippen LogP contribution in [-0.2, 0) is 6.54 Å². The number of hydrogen-bond donors (Lipinski definition) is 1. The maximum Gasteiger partial charge on any atom is 0.161 e. The number of aryl methyl sites for hydroxylation is 1. The van der Waals surface area contributed by atoms with Gasteiger partial charge in [0.2, 0.25) is 0 Å². The van der Waals surface area contributed by atoms with E-state index in [1.54, 1.807) is 23.0 Å². The average Bonchev–Trinajstić information content (AvgIpc) is 2.81. The Morgan fingerprint density at radius 1 is 1.50 bits per heavy atom. The second-order valence-electron chi connectivity index (χ2n) is 4.43. The molecule has 0 spiro atoms. The number of benzene rings is 1. The van der Waals surface area contributed by atoms with Crippen molar-refractivity contribution in [2.45, 2.75) is 25.9 Å². The molecule has 108 valence electrons. The van der Waals surface area contributed by atoms with E-state index in [9.17, 15) is 4.39 Å². The largest absolute Gasteiger partial charge is 0.493 e. The third-order valence-electron chi connectivity index (χ3n) is 3.11. The van der Waals surface area contributed by atoms with Crippen molar-refractivity contribution >= 4 is 11.6 Å². The summed E-state index contributed by atoms with van der Waals surface area (Å²) in [6.07, 6.45) is 2.47. The lowest BCUT2D eigenvalue weighted by atomic mass is 10.0. The lowest BCUT2D eigenvalue weighted by Crippen LogP contribution is -2.20. The molecule has 2 N–H and O–H groups in total. The van der Waals surface area contributed by atoms with Crippen molar-refractivity contribution in [3.8, 4) is 5.75 Å². The zero-order valence-corrected chi connectivity index (χ0v) is 12.2. The van der Waals surface area contributed by atoms with Crippen LogP contribution in [0.3, 0.4) is 0 Å². The first-order chi connectivity index (χ1) is 9.60. The Hall–Kier alpha value is -1.59. The molecule has 1 aromatic carbocycles. The SMILES string of the molecule is CCCn1ncc(OC)c1C(N)c1c(F)cccc1Cl. The summed E-state index contributed by atoms with van der Waals surface area (Å²) in [5.74, 6) is 0.0987. The van der Waals surface area contributed by atoms with Crippen LogP contribution < -0.4 is 10.5 Å². The Morgan fingerprint density at radius 2 is 2.25 bits per heavy atom. The van der Waals surface area contributed by atoms with Crippen molar-refractivity contribution in [3.05, 3.63) is 46.5 Å². The van der Waals surface area contributed by atoms with Crippen LogP contribution >= 0.6 is 11.6 Å². The highest BCUT2D eigenvalue weighted by molar-refractivity contribution is 6.31. The average molecular weight is 298 g/mol. The highest BCUT2D eigenvalue weighted by atomic mass is 35.5. The van der Waals surface area contributed by atoms with Crippen molar-refractivity contribution in [2.75, 3.05) is 7.11 Å². The molecule has 0 aliphatic heterocycles. The van der Waals surface area contributed by atoms with Crippen molar-refractivity contribution in [1.82, 2.24) is 9.78 Å². The van der Waals surface area contributed by atoms with Gasteiger partial charge in [0.25, 0.3) is 0 Å². The molecule has 0 aliphatic carbocycles. The molecule has 0 fully saturated rings. The molecule has 0 aliphatic rings. The first-order valence-electron chi connectivity index (χ1n) is 6.39. The van der Waals surface area contributed by atoms with Gasteiger partial charge in [-0.1, -0.05) is 24.6 Å². The Labute approximate surface area is 122 Å². The minimum Gasteiger partial charge on any atom is -0.493 e. The minimum atomic E-state index is -0.729. The minimum absolute atomic E-state index is 0.255. The molecular weight excluding hydrogens is 281 g/mol. The van der Waals surface area contributed by atoms with E-state index in [1.807, 2.05) is 6.92 Å². The molecular formula is C14H17ClFN3O. The standard InChI is InChI=1S/C14H17ClFN3O/c1-3-7-19-14(11(20-2)8-18-19)13(17)12-9(15)5-4-6-10(12)16/h4-6,8,13H,3,7,17H2,1-2H3. The summed E-state index contributed by atoms with van der Waals surface area (Å²) in [6.45, 7) is 2.71. The summed E-state index contributed by atoms with van der Waals surface area (Å²) in [6, 6.07) is 3.78. The highest BCUT2D eigenvalue weighted by Gasteiger charge is 2.24. The number of aromatic nitrogens is 2. The Bertz CT molecular complexity index is 580. The van der Waals surface area contributed by atoms with Crippen molar-refractivity contribution < 1.29 is 9.13 Å². The predicted molar refractivity (Wildman–Crippen MR) is 76.5 cm³/mol. The van der Waals surface area contributed by atoms with Gasteiger partial charge in [0.1, 0.15) is 11.5 Å². The normalized spacial score (nSPS) is 12.4. The van der Waals surface area contributed by atoms with Gasteiger partial charge in [-0.15, -0.1) is 0 Å². The second-order valence-corrected chi connectivity index (χ2v) is 4.84. The predicted octanol–water partition coefficient (Wildman–Crippen LogP) is 3.14. The molecule has 1 atom stereocenters. The fraction of sp³-hybridized carbons (Fsp3) is 0.357. The summed E-state index contributed by atoms with van der Waals surface area (Å²) < 4.78 is 21.0. The van der Waals surface area contributed by atoms with E-state index in [1.165, 1.54) is 13.2 Å². The van der Waals surface area contributed by atoms with Gasteiger partial charge in [0.05, 0.1) is 19.3 Å². The third kappa shape index (κ3) is 2.64. The molecule has 1 aromatic heterocycles. The van der Waals surface area contributed by atoms with Crippen LogP contribution in [0, 0.1) is 5.82 Å². The van der Waals surface area contributed by atoms with E-state index >= 15 is 0 Å². The van der Waals surface area contributed by atoms with E-state index in [-0.39, 0.29) is 5.56 Å². The van der Waals surface area contributed by atoms with Crippen LogP contribution in [-0.4, -0.2) is 16.9 Å². The van der Waals surface area contributed by atoms with Crippen LogP contribution in [0.15, 0.2) is 24.4 Å². The summed E-state index contributed by atoms with van der Waals surface area (Å²) >= 11 is 6.08. The molecule has 0 saturated heterocycles. The van der Waals surface area contributed by atoms with Crippen LogP contribution in [0.5, 0.6) is 5.75 Å². The molecule has 2 rings (SSSR count). The first-order valence-corrected chi connectivity index (χ1v) is 6.77. The maximum atomic E-state index is 14.0. The number of methoxy groups -OCH3 is 1. The zero-order chi connectivity index (χ0) is 14.7. The topological polar surface area (TPSA) is 53.1 Å². The molecule has 20 heavy (non-hydrogen) atoms. The van der Waals surface area contributed by atoms with Gasteiger partial charge in [-0.25, -0.2) is 4.39 Å². The van der Waals surface area contributed by atoms with Crippen LogP contribution in [0.1, 0.15) is 30.6 Å². The molecule has 0 amide bonds. The quantitative estimate of drug-likeness (QED) is 0.922. The lowest BCUT2D eigenvalue weighted by Gasteiger charge is -2.17. The van der Waals surface area contributed by atoms with E-state index in [0.717, 1.165) is 6.42 Å². The number of ether oxygens (including phenoxy) is 1. The first kappa shape index (κ1) is 14.8. The zero-order valence-electron chi connectivity index (χ0n) is 11.4. The summed E-state index contributed by atoms with van der Waals surface area (Å²) in [4.78, 5) is 0. The van der Waals surface area contributed by atoms with Crippen molar-refractivity contribution in [1.29, 1.82) is 0 Å². The molecule has 0 radical (unpaired) electrons. The van der Waals surface area contributed by atoms with Gasteiger partial charge in [0, 0.05) is 17.1 Å². The highest BCUT2D eigenvalue weighted by Crippen LogP contribution is 2.33. The van der Waals surface area contributed by atoms with E-state index < -0.39 is 11.9 Å². The molecule has 1 unspecified atom stereocenters. The van der Waals surface area contributed by atoms with Gasteiger partial charge in [-0.05, 0) is 18.6 Å². The van der Waals surface area contributed by atoms with E-state index in [2.05, 4.69) is 5.10 Å². The number of hydrogen-bond acceptors (Lipinski definition) is 3. The molecule has 4 nitrogen and oxygen atoms in total. The van der Waals surface area contributed by atoms with Crippen molar-refractivity contribution in [2.24, 2.45) is 5.73 Å². The Morgan fingerprint density at radius 3 is 2.85 bits per heavy atom. The van der Waals surface area contributed by atoms with Gasteiger partial charge in [-0.3, -0.25) is 4.68 Å². The van der Waals surface area contributed by atoms with E-state index in [0.29, 0.717) is 23.0 Å². The smallest absolute Gasteiger partial charge is 0.161 e. The molecule has 0 bridgehead atoms. The van der Waals surface area contributed by atoms with Crippen LogP contribution in [0.25, 0.3) is 0 Å². The second kappa shape index (κ2) is 6.24. The van der Waals surface area contributed by atoms with Gasteiger partial charge < -0.3 is 10.5 Å². The lowest BCUT2D eigenvalue weighted by molar-refractivity contribution is 0.403. The summed E-state index contributed by atoms with van der Waals surface area (Å²) in [7, 11) is 1.53. The van der Waals surface area contributed by atoms with Gasteiger partial charge >= 0.3 is 0 Å². The van der Waals surface area contributed by atoms with Gasteiger partial charge in [-0.2, -0.15) is 5.10 Å². The number of rotatable bonds is 5. The van der Waals surface area contributed by atoms with Crippen LogP contribution in [0.2, 0.25) is 5.02 Å². The summed E-state index contributed by atoms with van der Waals surface area (Å²) in [5, 5.41) is 4.52.